The zero-order chi connectivity index (χ0) is 10.6. The molecule has 3 nitrogen and oxygen atoms in total. The van der Waals surface area contributed by atoms with E-state index < -0.39 is 0 Å². The summed E-state index contributed by atoms with van der Waals surface area (Å²) in [7, 11) is 0. The fourth-order valence-corrected chi connectivity index (χ4v) is 1.10. The van der Waals surface area contributed by atoms with E-state index in [-0.39, 0.29) is 0 Å². The van der Waals surface area contributed by atoms with E-state index >= 15 is 0 Å². The van der Waals surface area contributed by atoms with Crippen LogP contribution in [0, 0.1) is 6.92 Å². The van der Waals surface area contributed by atoms with Crippen LogP contribution in [0.5, 0.6) is 0 Å². The van der Waals surface area contributed by atoms with Crippen LogP contribution in [0.1, 0.15) is 11.1 Å². The van der Waals surface area contributed by atoms with Crippen LogP contribution in [-0.2, 0) is 0 Å². The van der Waals surface area contributed by atoms with Crippen molar-refractivity contribution in [1.29, 1.82) is 0 Å². The molecular weight excluding hydrogens is 174 g/mol. The third kappa shape index (κ3) is 2.62. The van der Waals surface area contributed by atoms with Gasteiger partial charge in [0.25, 0.3) is 0 Å². The molecule has 1 heterocycles. The highest BCUT2D eigenvalue weighted by Crippen LogP contribution is 2.12. The molecule has 0 saturated carbocycles. The van der Waals surface area contributed by atoms with Gasteiger partial charge in [0.2, 0.25) is 0 Å². The van der Waals surface area contributed by atoms with E-state index in [2.05, 4.69) is 23.5 Å². The molecule has 0 spiro atoms. The molecule has 3 N–H and O–H groups in total. The first-order chi connectivity index (χ1) is 6.61. The molecule has 0 radical (unpaired) electrons. The Balaban J connectivity index is 2.70. The first-order valence-corrected chi connectivity index (χ1v) is 4.38. The molecule has 0 aliphatic rings. The van der Waals surface area contributed by atoms with Crippen molar-refractivity contribution in [1.82, 2.24) is 10.3 Å². The topological polar surface area (TPSA) is 50.9 Å². The molecule has 1 aromatic rings. The maximum Gasteiger partial charge on any atom is 0.0539 e. The Morgan fingerprint density at radius 3 is 2.86 bits per heavy atom. The van der Waals surface area contributed by atoms with E-state index in [1.807, 2.05) is 13.0 Å². The van der Waals surface area contributed by atoms with Gasteiger partial charge in [0, 0.05) is 29.4 Å². The summed E-state index contributed by atoms with van der Waals surface area (Å²) in [6.07, 6.45) is 3.54. The van der Waals surface area contributed by atoms with Gasteiger partial charge in [0.15, 0.2) is 0 Å². The van der Waals surface area contributed by atoms with Crippen molar-refractivity contribution in [3.63, 3.8) is 0 Å². The highest BCUT2D eigenvalue weighted by atomic mass is 14.9. The van der Waals surface area contributed by atoms with Gasteiger partial charge in [-0.2, -0.15) is 0 Å². The molecule has 1 aromatic heterocycles. The number of hydrogen-bond acceptors (Lipinski definition) is 3. The van der Waals surface area contributed by atoms with Crippen LogP contribution < -0.4 is 11.1 Å². The van der Waals surface area contributed by atoms with Crippen LogP contribution >= 0.6 is 0 Å². The normalized spacial score (nSPS) is 9.50. The van der Waals surface area contributed by atoms with Crippen molar-refractivity contribution < 1.29 is 0 Å². The Labute approximate surface area is 84.4 Å². The summed E-state index contributed by atoms with van der Waals surface area (Å²) in [5, 5.41) is 3.08. The summed E-state index contributed by atoms with van der Waals surface area (Å²) in [5.41, 5.74) is 9.00. The van der Waals surface area contributed by atoms with Gasteiger partial charge in [-0.1, -0.05) is 13.2 Å². The number of pyridine rings is 1. The fourth-order valence-electron chi connectivity index (χ4n) is 1.10. The first-order valence-electron chi connectivity index (χ1n) is 4.38. The third-order valence-electron chi connectivity index (χ3n) is 1.89. The fraction of sp³-hybridized carbons (Fsp3) is 0.182. The molecule has 0 aliphatic heterocycles. The van der Waals surface area contributed by atoms with Crippen molar-refractivity contribution in [3.05, 3.63) is 48.4 Å². The van der Waals surface area contributed by atoms with Gasteiger partial charge in [-0.05, 0) is 18.6 Å². The molecule has 0 aromatic carbocycles. The SMILES string of the molecule is C=C(N)CNC(=C)c1cnccc1C. The van der Waals surface area contributed by atoms with Gasteiger partial charge in [0.05, 0.1) is 6.54 Å². The van der Waals surface area contributed by atoms with Crippen LogP contribution in [0.2, 0.25) is 0 Å². The molecule has 0 saturated heterocycles. The minimum atomic E-state index is 0.535. The predicted molar refractivity (Wildman–Crippen MR) is 59.3 cm³/mol. The second-order valence-electron chi connectivity index (χ2n) is 3.18. The Hall–Kier alpha value is -1.77. The molecule has 74 valence electrons. The summed E-state index contributed by atoms with van der Waals surface area (Å²) in [6, 6.07) is 1.94. The van der Waals surface area contributed by atoms with Crippen molar-refractivity contribution >= 4 is 5.70 Å². The van der Waals surface area contributed by atoms with E-state index in [9.17, 15) is 0 Å². The zero-order valence-electron chi connectivity index (χ0n) is 8.38. The second-order valence-corrected chi connectivity index (χ2v) is 3.18. The lowest BCUT2D eigenvalue weighted by Crippen LogP contribution is -2.18. The van der Waals surface area contributed by atoms with E-state index in [1.54, 1.807) is 12.4 Å². The number of nitrogens with one attached hydrogen (secondary N) is 1. The predicted octanol–water partition coefficient (Wildman–Crippen LogP) is 1.42. The minimum Gasteiger partial charge on any atom is -0.401 e. The van der Waals surface area contributed by atoms with Gasteiger partial charge >= 0.3 is 0 Å². The summed E-state index contributed by atoms with van der Waals surface area (Å²) >= 11 is 0. The lowest BCUT2D eigenvalue weighted by molar-refractivity contribution is 0.945. The summed E-state index contributed by atoms with van der Waals surface area (Å²) in [6.45, 7) is 10.1. The van der Waals surface area contributed by atoms with Gasteiger partial charge in [-0.3, -0.25) is 4.98 Å². The summed E-state index contributed by atoms with van der Waals surface area (Å²) < 4.78 is 0. The molecule has 14 heavy (non-hydrogen) atoms. The Morgan fingerprint density at radius 2 is 2.29 bits per heavy atom. The van der Waals surface area contributed by atoms with Gasteiger partial charge in [-0.25, -0.2) is 0 Å². The van der Waals surface area contributed by atoms with E-state index in [1.165, 1.54) is 0 Å². The lowest BCUT2D eigenvalue weighted by Gasteiger charge is -2.10. The average molecular weight is 189 g/mol. The highest BCUT2D eigenvalue weighted by Gasteiger charge is 2.01. The zero-order valence-corrected chi connectivity index (χ0v) is 8.38. The summed E-state index contributed by atoms with van der Waals surface area (Å²) in [4.78, 5) is 4.04. The Bertz CT molecular complexity index is 355. The monoisotopic (exact) mass is 189 g/mol. The lowest BCUT2D eigenvalue weighted by atomic mass is 10.1. The molecular formula is C11H15N3. The minimum absolute atomic E-state index is 0.535. The third-order valence-corrected chi connectivity index (χ3v) is 1.89. The van der Waals surface area contributed by atoms with Crippen molar-refractivity contribution in [3.8, 4) is 0 Å². The Morgan fingerprint density at radius 1 is 1.57 bits per heavy atom. The molecule has 0 fully saturated rings. The van der Waals surface area contributed by atoms with Crippen molar-refractivity contribution in [2.24, 2.45) is 5.73 Å². The maximum absolute atomic E-state index is 5.44. The first kappa shape index (κ1) is 10.3. The van der Waals surface area contributed by atoms with Crippen LogP contribution in [0.4, 0.5) is 0 Å². The van der Waals surface area contributed by atoms with E-state index in [4.69, 9.17) is 5.73 Å². The number of aromatic nitrogens is 1. The molecule has 0 atom stereocenters. The summed E-state index contributed by atoms with van der Waals surface area (Å²) in [5.74, 6) is 0. The molecule has 1 rings (SSSR count). The van der Waals surface area contributed by atoms with Crippen LogP contribution in [0.15, 0.2) is 37.3 Å². The molecule has 0 bridgehead atoms. The van der Waals surface area contributed by atoms with Gasteiger partial charge in [-0.15, -0.1) is 0 Å². The highest BCUT2D eigenvalue weighted by molar-refractivity contribution is 5.63. The van der Waals surface area contributed by atoms with Crippen LogP contribution in [0.3, 0.4) is 0 Å². The maximum atomic E-state index is 5.44. The molecule has 0 aliphatic carbocycles. The largest absolute Gasteiger partial charge is 0.401 e. The molecule has 0 unspecified atom stereocenters. The standard InChI is InChI=1S/C11H15N3/c1-8-4-5-13-7-11(8)10(3)14-6-9(2)12/h4-5,7,14H,2-3,6,12H2,1H3. The van der Waals surface area contributed by atoms with Crippen molar-refractivity contribution in [2.45, 2.75) is 6.92 Å². The molecule has 3 heteroatoms. The second kappa shape index (κ2) is 4.46. The van der Waals surface area contributed by atoms with Crippen LogP contribution in [0.25, 0.3) is 5.70 Å². The van der Waals surface area contributed by atoms with Gasteiger partial charge in [0.1, 0.15) is 0 Å². The quantitative estimate of drug-likeness (QED) is 0.753. The number of rotatable bonds is 4. The number of hydrogen-bond donors (Lipinski definition) is 2. The van der Waals surface area contributed by atoms with E-state index in [0.29, 0.717) is 12.2 Å². The smallest absolute Gasteiger partial charge is 0.0539 e. The van der Waals surface area contributed by atoms with E-state index in [0.717, 1.165) is 16.8 Å². The van der Waals surface area contributed by atoms with Gasteiger partial charge < -0.3 is 11.1 Å². The Kier molecular flexibility index (Phi) is 3.29. The number of nitrogens with two attached hydrogens (primary N) is 1. The number of nitrogens with zero attached hydrogens (tertiary/aromatic N) is 1. The molecule has 0 amide bonds. The average Bonchev–Trinajstić information content (AvgIpc) is 2.15. The van der Waals surface area contributed by atoms with Crippen molar-refractivity contribution in [2.75, 3.05) is 6.54 Å². The number of aryl methyl sites for hydroxylation is 1. The van der Waals surface area contributed by atoms with Crippen LogP contribution in [-0.4, -0.2) is 11.5 Å².